The molecule has 21 heavy (non-hydrogen) atoms. The number of hydrogen-bond donors (Lipinski definition) is 0. The van der Waals surface area contributed by atoms with Crippen molar-refractivity contribution in [3.05, 3.63) is 35.9 Å². The molecule has 0 spiro atoms. The van der Waals surface area contributed by atoms with Crippen LogP contribution in [0.3, 0.4) is 0 Å². The Bertz CT molecular complexity index is 470. The van der Waals surface area contributed by atoms with Crippen LogP contribution >= 0.6 is 0 Å². The van der Waals surface area contributed by atoms with Crippen molar-refractivity contribution in [1.29, 1.82) is 0 Å². The molecule has 0 bridgehead atoms. The molecule has 1 aromatic rings. The highest BCUT2D eigenvalue weighted by Crippen LogP contribution is 2.41. The molecule has 1 aliphatic carbocycles. The van der Waals surface area contributed by atoms with E-state index in [2.05, 4.69) is 26.6 Å². The van der Waals surface area contributed by atoms with E-state index in [0.29, 0.717) is 0 Å². The van der Waals surface area contributed by atoms with Crippen LogP contribution in [0.15, 0.2) is 30.3 Å². The lowest BCUT2D eigenvalue weighted by Crippen LogP contribution is -2.50. The monoisotopic (exact) mass is 304 g/mol. The molecule has 1 atom stereocenters. The van der Waals surface area contributed by atoms with Crippen molar-refractivity contribution >= 4 is 14.1 Å². The van der Waals surface area contributed by atoms with Crippen LogP contribution in [0, 0.1) is 5.92 Å². The van der Waals surface area contributed by atoms with Crippen LogP contribution in [-0.2, 0) is 4.43 Å². The highest BCUT2D eigenvalue weighted by atomic mass is 28.4. The van der Waals surface area contributed by atoms with Crippen LogP contribution in [0.2, 0.25) is 19.6 Å². The van der Waals surface area contributed by atoms with Gasteiger partial charge in [0.2, 0.25) is 0 Å². The molecule has 2 rings (SSSR count). The molecule has 1 aromatic carbocycles. The Morgan fingerprint density at radius 3 is 2.19 bits per heavy atom. The topological polar surface area (TPSA) is 26.3 Å². The van der Waals surface area contributed by atoms with Crippen molar-refractivity contribution < 1.29 is 9.22 Å². The van der Waals surface area contributed by atoms with E-state index >= 15 is 0 Å². The fraction of sp³-hybridized carbons (Fsp3) is 0.611. The number of rotatable bonds is 5. The number of carbonyl (C=O) groups excluding carboxylic acids is 1. The molecule has 2 nitrogen and oxygen atoms in total. The lowest BCUT2D eigenvalue weighted by molar-refractivity contribution is -0.0174. The minimum Gasteiger partial charge on any atom is -0.411 e. The third-order valence-corrected chi connectivity index (χ3v) is 5.47. The normalized spacial score (nSPS) is 20.0. The van der Waals surface area contributed by atoms with Gasteiger partial charge in [-0.3, -0.25) is 4.79 Å². The summed E-state index contributed by atoms with van der Waals surface area (Å²) in [5, 5.41) is 0. The third kappa shape index (κ3) is 4.04. The predicted molar refractivity (Wildman–Crippen MR) is 90.2 cm³/mol. The Balaban J connectivity index is 2.26. The third-order valence-electron chi connectivity index (χ3n) is 4.45. The second-order valence-corrected chi connectivity index (χ2v) is 11.7. The summed E-state index contributed by atoms with van der Waals surface area (Å²) in [5.74, 6) is 0.169. The average Bonchev–Trinajstić information content (AvgIpc) is 2.46. The summed E-state index contributed by atoms with van der Waals surface area (Å²) in [4.78, 5) is 12.9. The molecule has 1 fully saturated rings. The summed E-state index contributed by atoms with van der Waals surface area (Å²) in [6, 6.07) is 9.67. The SMILES string of the molecule is CC(C(=O)c1ccccc1)C1(O[Si](C)(C)C)CCCCC1. The first-order valence-corrected chi connectivity index (χ1v) is 11.5. The molecule has 0 aromatic heterocycles. The molecule has 0 N–H and O–H groups in total. The molecule has 0 heterocycles. The van der Waals surface area contributed by atoms with Gasteiger partial charge in [-0.1, -0.05) is 56.5 Å². The van der Waals surface area contributed by atoms with Crippen molar-refractivity contribution in [1.82, 2.24) is 0 Å². The Hall–Kier alpha value is -0.933. The van der Waals surface area contributed by atoms with Crippen LogP contribution < -0.4 is 0 Å². The van der Waals surface area contributed by atoms with E-state index in [4.69, 9.17) is 4.43 Å². The van der Waals surface area contributed by atoms with Crippen molar-refractivity contribution in [2.45, 2.75) is 64.3 Å². The van der Waals surface area contributed by atoms with Crippen LogP contribution in [0.1, 0.15) is 49.4 Å². The molecule has 0 saturated heterocycles. The van der Waals surface area contributed by atoms with E-state index in [1.165, 1.54) is 19.3 Å². The van der Waals surface area contributed by atoms with Gasteiger partial charge in [0.05, 0.1) is 5.60 Å². The van der Waals surface area contributed by atoms with Gasteiger partial charge in [-0.05, 0) is 32.5 Å². The first kappa shape index (κ1) is 16.4. The smallest absolute Gasteiger partial charge is 0.184 e. The molecule has 1 saturated carbocycles. The first-order chi connectivity index (χ1) is 9.84. The van der Waals surface area contributed by atoms with Gasteiger partial charge >= 0.3 is 0 Å². The molecular weight excluding hydrogens is 276 g/mol. The van der Waals surface area contributed by atoms with E-state index in [1.807, 2.05) is 30.3 Å². The van der Waals surface area contributed by atoms with E-state index in [0.717, 1.165) is 18.4 Å². The second-order valence-electron chi connectivity index (χ2n) is 7.29. The molecule has 116 valence electrons. The number of hydrogen-bond acceptors (Lipinski definition) is 2. The van der Waals surface area contributed by atoms with Crippen molar-refractivity contribution in [3.63, 3.8) is 0 Å². The maximum Gasteiger partial charge on any atom is 0.184 e. The average molecular weight is 305 g/mol. The standard InChI is InChI=1S/C18H28O2Si/c1-15(17(19)16-11-7-5-8-12-16)18(20-21(2,3)4)13-9-6-10-14-18/h5,7-8,11-12,15H,6,9-10,13-14H2,1-4H3. The summed E-state index contributed by atoms with van der Waals surface area (Å²) in [5.41, 5.74) is 0.574. The van der Waals surface area contributed by atoms with E-state index in [-0.39, 0.29) is 17.3 Å². The van der Waals surface area contributed by atoms with Gasteiger partial charge < -0.3 is 4.43 Å². The van der Waals surface area contributed by atoms with Gasteiger partial charge in [-0.25, -0.2) is 0 Å². The van der Waals surface area contributed by atoms with Crippen LogP contribution in [0.25, 0.3) is 0 Å². The van der Waals surface area contributed by atoms with Crippen LogP contribution in [0.4, 0.5) is 0 Å². The molecule has 0 radical (unpaired) electrons. The molecule has 1 aliphatic rings. The van der Waals surface area contributed by atoms with Crippen molar-refractivity contribution in [2.24, 2.45) is 5.92 Å². The summed E-state index contributed by atoms with van der Waals surface area (Å²) in [6.45, 7) is 8.75. The highest BCUT2D eigenvalue weighted by Gasteiger charge is 2.44. The van der Waals surface area contributed by atoms with E-state index in [9.17, 15) is 4.79 Å². The zero-order chi connectivity index (χ0) is 15.5. The Labute approximate surface area is 130 Å². The number of ketones is 1. The van der Waals surface area contributed by atoms with Gasteiger partial charge in [0.1, 0.15) is 0 Å². The summed E-state index contributed by atoms with van der Waals surface area (Å²) >= 11 is 0. The van der Waals surface area contributed by atoms with E-state index in [1.54, 1.807) is 0 Å². The molecule has 1 unspecified atom stereocenters. The summed E-state index contributed by atoms with van der Waals surface area (Å²) in [7, 11) is -1.68. The molecule has 0 aliphatic heterocycles. The summed E-state index contributed by atoms with van der Waals surface area (Å²) in [6.07, 6.45) is 5.67. The maximum absolute atomic E-state index is 12.9. The van der Waals surface area contributed by atoms with Gasteiger partial charge in [-0.2, -0.15) is 0 Å². The predicted octanol–water partition coefficient (Wildman–Crippen LogP) is 5.06. The maximum atomic E-state index is 12.9. The fourth-order valence-electron chi connectivity index (χ4n) is 3.47. The van der Waals surface area contributed by atoms with Gasteiger partial charge in [-0.15, -0.1) is 0 Å². The fourth-order valence-corrected chi connectivity index (χ4v) is 5.08. The summed E-state index contributed by atoms with van der Waals surface area (Å²) < 4.78 is 6.59. The minimum absolute atomic E-state index is 0.0630. The second kappa shape index (κ2) is 6.45. The number of carbonyl (C=O) groups is 1. The van der Waals surface area contributed by atoms with Gasteiger partial charge in [0, 0.05) is 11.5 Å². The number of Topliss-reactive ketones (excluding diaryl/α,β-unsaturated/α-hetero) is 1. The van der Waals surface area contributed by atoms with E-state index < -0.39 is 8.32 Å². The van der Waals surface area contributed by atoms with Crippen LogP contribution in [-0.4, -0.2) is 19.7 Å². The van der Waals surface area contributed by atoms with Crippen molar-refractivity contribution in [2.75, 3.05) is 0 Å². The highest BCUT2D eigenvalue weighted by molar-refractivity contribution is 6.69. The molecular formula is C18H28O2Si. The lowest BCUT2D eigenvalue weighted by atomic mass is 9.74. The Kier molecular flexibility index (Phi) is 5.05. The quantitative estimate of drug-likeness (QED) is 0.561. The number of benzene rings is 1. The lowest BCUT2D eigenvalue weighted by Gasteiger charge is -2.45. The Morgan fingerprint density at radius 2 is 1.67 bits per heavy atom. The van der Waals surface area contributed by atoms with Crippen molar-refractivity contribution in [3.8, 4) is 0 Å². The zero-order valence-corrected chi connectivity index (χ0v) is 14.8. The Morgan fingerprint density at radius 1 is 1.10 bits per heavy atom. The molecule has 3 heteroatoms. The van der Waals surface area contributed by atoms with Gasteiger partial charge in [0.15, 0.2) is 14.1 Å². The molecule has 0 amide bonds. The first-order valence-electron chi connectivity index (χ1n) is 8.13. The minimum atomic E-state index is -1.68. The largest absolute Gasteiger partial charge is 0.411 e. The van der Waals surface area contributed by atoms with Gasteiger partial charge in [0.25, 0.3) is 0 Å². The zero-order valence-electron chi connectivity index (χ0n) is 13.8. The van der Waals surface area contributed by atoms with Crippen LogP contribution in [0.5, 0.6) is 0 Å².